The van der Waals surface area contributed by atoms with Gasteiger partial charge in [-0.1, -0.05) is 68.4 Å². The lowest BCUT2D eigenvalue weighted by molar-refractivity contribution is 0.650. The van der Waals surface area contributed by atoms with E-state index < -0.39 is 0 Å². The van der Waals surface area contributed by atoms with Crippen molar-refractivity contribution in [3.8, 4) is 0 Å². The van der Waals surface area contributed by atoms with Crippen LogP contribution in [0.25, 0.3) is 21.5 Å². The van der Waals surface area contributed by atoms with Crippen LogP contribution in [0.2, 0.25) is 0 Å². The summed E-state index contributed by atoms with van der Waals surface area (Å²) in [6.45, 7) is 4.56. The Morgan fingerprint density at radius 3 is 2.11 bits per heavy atom. The van der Waals surface area contributed by atoms with Crippen LogP contribution in [0.15, 0.2) is 54.6 Å². The molecule has 0 bridgehead atoms. The van der Waals surface area contributed by atoms with Crippen LogP contribution < -0.4 is 0 Å². The number of fused-ring (bicyclic) bond motifs is 3. The Morgan fingerprint density at radius 1 is 0.778 bits per heavy atom. The SMILES string of the molecule is CC(C)Cc1cc2ccccc2c2ccccc12. The number of hydrogen-bond donors (Lipinski definition) is 0. The van der Waals surface area contributed by atoms with E-state index >= 15 is 0 Å². The van der Waals surface area contributed by atoms with Crippen molar-refractivity contribution in [2.45, 2.75) is 20.3 Å². The second kappa shape index (κ2) is 4.45. The van der Waals surface area contributed by atoms with Crippen molar-refractivity contribution in [3.63, 3.8) is 0 Å². The topological polar surface area (TPSA) is 0 Å². The fourth-order valence-electron chi connectivity index (χ4n) is 2.74. The van der Waals surface area contributed by atoms with Gasteiger partial charge in [-0.2, -0.15) is 0 Å². The zero-order valence-electron chi connectivity index (χ0n) is 11.0. The predicted octanol–water partition coefficient (Wildman–Crippen LogP) is 5.19. The second-order valence-corrected chi connectivity index (χ2v) is 5.40. The van der Waals surface area contributed by atoms with Gasteiger partial charge in [-0.3, -0.25) is 0 Å². The molecule has 0 nitrogen and oxygen atoms in total. The van der Waals surface area contributed by atoms with E-state index in [1.807, 2.05) is 0 Å². The lowest BCUT2D eigenvalue weighted by Crippen LogP contribution is -1.95. The van der Waals surface area contributed by atoms with Crippen LogP contribution in [0, 0.1) is 5.92 Å². The molecule has 0 aliphatic carbocycles. The first-order chi connectivity index (χ1) is 8.75. The van der Waals surface area contributed by atoms with Crippen LogP contribution in [-0.4, -0.2) is 0 Å². The van der Waals surface area contributed by atoms with E-state index in [0.29, 0.717) is 5.92 Å². The van der Waals surface area contributed by atoms with E-state index in [1.54, 1.807) is 0 Å². The van der Waals surface area contributed by atoms with Crippen molar-refractivity contribution in [2.24, 2.45) is 5.92 Å². The summed E-state index contributed by atoms with van der Waals surface area (Å²) in [6.07, 6.45) is 1.14. The highest BCUT2D eigenvalue weighted by atomic mass is 14.1. The molecule has 0 N–H and O–H groups in total. The minimum atomic E-state index is 0.689. The summed E-state index contributed by atoms with van der Waals surface area (Å²) >= 11 is 0. The standard InChI is InChI=1S/C18H18/c1-13(2)11-15-12-14-7-3-4-8-16(14)18-10-6-5-9-17(15)18/h3-10,12-13H,11H2,1-2H3. The summed E-state index contributed by atoms with van der Waals surface area (Å²) < 4.78 is 0. The van der Waals surface area contributed by atoms with Crippen LogP contribution in [-0.2, 0) is 6.42 Å². The third-order valence-corrected chi connectivity index (χ3v) is 3.48. The normalized spacial score (nSPS) is 11.5. The molecular formula is C18H18. The van der Waals surface area contributed by atoms with E-state index in [-0.39, 0.29) is 0 Å². The number of hydrogen-bond acceptors (Lipinski definition) is 0. The molecule has 0 saturated heterocycles. The quantitative estimate of drug-likeness (QED) is 0.535. The van der Waals surface area contributed by atoms with Gasteiger partial charge >= 0.3 is 0 Å². The minimum absolute atomic E-state index is 0.689. The van der Waals surface area contributed by atoms with Gasteiger partial charge < -0.3 is 0 Å². The van der Waals surface area contributed by atoms with Crippen molar-refractivity contribution >= 4 is 21.5 Å². The summed E-state index contributed by atoms with van der Waals surface area (Å²) in [4.78, 5) is 0. The molecule has 0 spiro atoms. The van der Waals surface area contributed by atoms with Crippen LogP contribution in [0.4, 0.5) is 0 Å². The van der Waals surface area contributed by atoms with Gasteiger partial charge in [-0.25, -0.2) is 0 Å². The Hall–Kier alpha value is -1.82. The Bertz CT molecular complexity index is 693. The predicted molar refractivity (Wildman–Crippen MR) is 80.0 cm³/mol. The van der Waals surface area contributed by atoms with Crippen LogP contribution >= 0.6 is 0 Å². The Balaban J connectivity index is 2.39. The van der Waals surface area contributed by atoms with Gasteiger partial charge in [0.1, 0.15) is 0 Å². The van der Waals surface area contributed by atoms with E-state index in [4.69, 9.17) is 0 Å². The first kappa shape index (κ1) is 11.3. The van der Waals surface area contributed by atoms with Gasteiger partial charge in [0.15, 0.2) is 0 Å². The number of benzene rings is 3. The van der Waals surface area contributed by atoms with Gasteiger partial charge in [0.25, 0.3) is 0 Å². The first-order valence-electron chi connectivity index (χ1n) is 6.65. The maximum absolute atomic E-state index is 2.36. The lowest BCUT2D eigenvalue weighted by atomic mass is 9.93. The fraction of sp³-hybridized carbons (Fsp3) is 0.222. The van der Waals surface area contributed by atoms with E-state index in [9.17, 15) is 0 Å². The van der Waals surface area contributed by atoms with Crippen molar-refractivity contribution in [1.82, 2.24) is 0 Å². The van der Waals surface area contributed by atoms with Crippen molar-refractivity contribution < 1.29 is 0 Å². The summed E-state index contributed by atoms with van der Waals surface area (Å²) in [7, 11) is 0. The molecular weight excluding hydrogens is 216 g/mol. The van der Waals surface area contributed by atoms with E-state index in [2.05, 4.69) is 68.4 Å². The van der Waals surface area contributed by atoms with Crippen LogP contribution in [0.1, 0.15) is 19.4 Å². The third-order valence-electron chi connectivity index (χ3n) is 3.48. The molecule has 0 aliphatic heterocycles. The monoisotopic (exact) mass is 234 g/mol. The smallest absolute Gasteiger partial charge is 0.0103 e. The highest BCUT2D eigenvalue weighted by Crippen LogP contribution is 2.29. The highest BCUT2D eigenvalue weighted by molar-refractivity contribution is 6.08. The first-order valence-corrected chi connectivity index (χ1v) is 6.65. The van der Waals surface area contributed by atoms with Crippen LogP contribution in [0.5, 0.6) is 0 Å². The summed E-state index contributed by atoms with van der Waals surface area (Å²) in [5.74, 6) is 0.689. The molecule has 18 heavy (non-hydrogen) atoms. The van der Waals surface area contributed by atoms with Gasteiger partial charge in [0.05, 0.1) is 0 Å². The van der Waals surface area contributed by atoms with Crippen molar-refractivity contribution in [1.29, 1.82) is 0 Å². The Morgan fingerprint density at radius 2 is 1.39 bits per heavy atom. The zero-order valence-corrected chi connectivity index (χ0v) is 11.0. The third kappa shape index (κ3) is 1.88. The molecule has 0 unspecified atom stereocenters. The molecule has 0 fully saturated rings. The molecule has 0 aliphatic rings. The van der Waals surface area contributed by atoms with E-state index in [0.717, 1.165) is 6.42 Å². The largest absolute Gasteiger partial charge is 0.0625 e. The molecule has 0 amide bonds. The van der Waals surface area contributed by atoms with Crippen molar-refractivity contribution in [2.75, 3.05) is 0 Å². The maximum atomic E-state index is 2.36. The lowest BCUT2D eigenvalue weighted by Gasteiger charge is -2.12. The molecule has 90 valence electrons. The molecule has 0 heteroatoms. The average Bonchev–Trinajstić information content (AvgIpc) is 2.38. The van der Waals surface area contributed by atoms with Gasteiger partial charge in [0, 0.05) is 0 Å². The second-order valence-electron chi connectivity index (χ2n) is 5.40. The molecule has 0 atom stereocenters. The molecule has 0 saturated carbocycles. The van der Waals surface area contributed by atoms with Crippen LogP contribution in [0.3, 0.4) is 0 Å². The Kier molecular flexibility index (Phi) is 2.79. The highest BCUT2D eigenvalue weighted by Gasteiger charge is 2.07. The minimum Gasteiger partial charge on any atom is -0.0625 e. The molecule has 0 aromatic heterocycles. The van der Waals surface area contributed by atoms with Gasteiger partial charge in [0.2, 0.25) is 0 Å². The van der Waals surface area contributed by atoms with Gasteiger partial charge in [-0.05, 0) is 39.4 Å². The molecule has 0 heterocycles. The summed E-state index contributed by atoms with van der Waals surface area (Å²) in [6, 6.07) is 19.8. The molecule has 3 aromatic rings. The van der Waals surface area contributed by atoms with Gasteiger partial charge in [-0.15, -0.1) is 0 Å². The fourth-order valence-corrected chi connectivity index (χ4v) is 2.74. The molecule has 3 rings (SSSR count). The zero-order chi connectivity index (χ0) is 12.5. The van der Waals surface area contributed by atoms with Crippen molar-refractivity contribution in [3.05, 3.63) is 60.2 Å². The number of rotatable bonds is 2. The average molecular weight is 234 g/mol. The molecule has 0 radical (unpaired) electrons. The maximum Gasteiger partial charge on any atom is -0.0103 e. The van der Waals surface area contributed by atoms with E-state index in [1.165, 1.54) is 27.1 Å². The summed E-state index contributed by atoms with van der Waals surface area (Å²) in [5.41, 5.74) is 1.47. The summed E-state index contributed by atoms with van der Waals surface area (Å²) in [5, 5.41) is 5.50. The Labute approximate surface area is 108 Å². The molecule has 3 aromatic carbocycles.